The Kier molecular flexibility index (Phi) is 3.55. The van der Waals surface area contributed by atoms with Crippen LogP contribution in [0.25, 0.3) is 0 Å². The summed E-state index contributed by atoms with van der Waals surface area (Å²) in [6.07, 6.45) is 0.846. The van der Waals surface area contributed by atoms with E-state index < -0.39 is 11.6 Å². The molecule has 0 saturated carbocycles. The molecule has 0 spiro atoms. The van der Waals surface area contributed by atoms with Crippen LogP contribution in [0.4, 0.5) is 14.5 Å². The molecule has 1 N–H and O–H groups in total. The summed E-state index contributed by atoms with van der Waals surface area (Å²) in [6.45, 7) is 2.75. The van der Waals surface area contributed by atoms with E-state index in [-0.39, 0.29) is 11.3 Å². The molecule has 0 amide bonds. The molecule has 0 atom stereocenters. The van der Waals surface area contributed by atoms with Crippen LogP contribution in [-0.4, -0.2) is 26.2 Å². The normalized spacial score (nSPS) is 16.4. The first kappa shape index (κ1) is 11.8. The number of rotatable bonds is 1. The lowest BCUT2D eigenvalue weighted by molar-refractivity contribution is 0.571. The zero-order valence-electron chi connectivity index (χ0n) is 9.34. The molecule has 1 aromatic rings. The fourth-order valence-corrected chi connectivity index (χ4v) is 2.00. The molecule has 3 nitrogen and oxygen atoms in total. The van der Waals surface area contributed by atoms with Gasteiger partial charge >= 0.3 is 0 Å². The van der Waals surface area contributed by atoms with Gasteiger partial charge in [-0.3, -0.25) is 0 Å². The molecular weight excluding hydrogens is 224 g/mol. The monoisotopic (exact) mass is 237 g/mol. The number of halogens is 2. The average molecular weight is 237 g/mol. The van der Waals surface area contributed by atoms with Crippen LogP contribution >= 0.6 is 0 Å². The summed E-state index contributed by atoms with van der Waals surface area (Å²) >= 11 is 0. The predicted molar refractivity (Wildman–Crippen MR) is 60.8 cm³/mol. The summed E-state index contributed by atoms with van der Waals surface area (Å²) in [5, 5.41) is 11.8. The highest BCUT2D eigenvalue weighted by Crippen LogP contribution is 2.25. The number of benzene rings is 1. The Labute approximate surface area is 98.6 Å². The fourth-order valence-electron chi connectivity index (χ4n) is 2.00. The minimum atomic E-state index is -0.663. The number of nitrogens with zero attached hydrogens (tertiary/aromatic N) is 2. The van der Waals surface area contributed by atoms with E-state index in [0.717, 1.165) is 25.1 Å². The lowest BCUT2D eigenvalue weighted by atomic mass is 10.2. The Morgan fingerprint density at radius 1 is 1.18 bits per heavy atom. The van der Waals surface area contributed by atoms with Crippen LogP contribution in [0.1, 0.15) is 12.0 Å². The summed E-state index contributed by atoms with van der Waals surface area (Å²) in [5.74, 6) is -1.33. The van der Waals surface area contributed by atoms with Gasteiger partial charge in [-0.2, -0.15) is 5.26 Å². The standard InChI is InChI=1S/C12H13F2N3/c13-10-6-9(8-15)7-11(14)12(10)17-4-1-2-16-3-5-17/h6-7,16H,1-5H2. The van der Waals surface area contributed by atoms with E-state index in [2.05, 4.69) is 5.32 Å². The van der Waals surface area contributed by atoms with E-state index in [0.29, 0.717) is 19.6 Å². The number of hydrogen-bond acceptors (Lipinski definition) is 3. The van der Waals surface area contributed by atoms with Crippen molar-refractivity contribution >= 4 is 5.69 Å². The van der Waals surface area contributed by atoms with Gasteiger partial charge in [0.05, 0.1) is 11.6 Å². The molecule has 1 aromatic carbocycles. The molecule has 5 heteroatoms. The molecule has 0 unspecified atom stereocenters. The molecule has 2 rings (SSSR count). The Hall–Kier alpha value is -1.67. The van der Waals surface area contributed by atoms with Gasteiger partial charge < -0.3 is 10.2 Å². The van der Waals surface area contributed by atoms with Crippen LogP contribution in [0.5, 0.6) is 0 Å². The Balaban J connectivity index is 2.34. The summed E-state index contributed by atoms with van der Waals surface area (Å²) in [6, 6.07) is 3.90. The van der Waals surface area contributed by atoms with Gasteiger partial charge in [0.2, 0.25) is 0 Å². The molecule has 1 fully saturated rings. The Bertz CT molecular complexity index is 423. The molecule has 90 valence electrons. The second-order valence-corrected chi connectivity index (χ2v) is 3.99. The van der Waals surface area contributed by atoms with E-state index in [4.69, 9.17) is 5.26 Å². The third kappa shape index (κ3) is 2.53. The van der Waals surface area contributed by atoms with E-state index in [9.17, 15) is 8.78 Å². The van der Waals surface area contributed by atoms with Crippen molar-refractivity contribution in [2.24, 2.45) is 0 Å². The van der Waals surface area contributed by atoms with Crippen LogP contribution in [0.15, 0.2) is 12.1 Å². The van der Waals surface area contributed by atoms with Gasteiger partial charge in [-0.25, -0.2) is 8.78 Å². The van der Waals surface area contributed by atoms with Crippen molar-refractivity contribution < 1.29 is 8.78 Å². The minimum Gasteiger partial charge on any atom is -0.365 e. The number of anilines is 1. The van der Waals surface area contributed by atoms with Crippen LogP contribution in [0.3, 0.4) is 0 Å². The van der Waals surface area contributed by atoms with Crippen molar-refractivity contribution in [1.82, 2.24) is 5.32 Å². The van der Waals surface area contributed by atoms with E-state index >= 15 is 0 Å². The zero-order valence-corrected chi connectivity index (χ0v) is 9.34. The summed E-state index contributed by atoms with van der Waals surface area (Å²) in [4.78, 5) is 1.69. The smallest absolute Gasteiger partial charge is 0.150 e. The first-order valence-corrected chi connectivity index (χ1v) is 5.57. The van der Waals surface area contributed by atoms with Gasteiger partial charge in [0.1, 0.15) is 5.69 Å². The maximum atomic E-state index is 13.8. The first-order chi connectivity index (χ1) is 8.22. The molecule has 0 aromatic heterocycles. The largest absolute Gasteiger partial charge is 0.365 e. The Morgan fingerprint density at radius 2 is 1.88 bits per heavy atom. The van der Waals surface area contributed by atoms with Crippen LogP contribution in [0, 0.1) is 23.0 Å². The van der Waals surface area contributed by atoms with Crippen molar-refractivity contribution in [2.75, 3.05) is 31.1 Å². The second-order valence-electron chi connectivity index (χ2n) is 3.99. The number of nitriles is 1. The van der Waals surface area contributed by atoms with E-state index in [1.54, 1.807) is 11.0 Å². The van der Waals surface area contributed by atoms with E-state index in [1.165, 1.54) is 0 Å². The highest BCUT2D eigenvalue weighted by molar-refractivity contribution is 5.52. The van der Waals surface area contributed by atoms with Gasteiger partial charge in [-0.15, -0.1) is 0 Å². The third-order valence-corrected chi connectivity index (χ3v) is 2.80. The van der Waals surface area contributed by atoms with Crippen molar-refractivity contribution in [1.29, 1.82) is 5.26 Å². The van der Waals surface area contributed by atoms with E-state index in [1.807, 2.05) is 0 Å². The maximum Gasteiger partial charge on any atom is 0.150 e. The zero-order chi connectivity index (χ0) is 12.3. The second kappa shape index (κ2) is 5.11. The maximum absolute atomic E-state index is 13.8. The highest BCUT2D eigenvalue weighted by atomic mass is 19.1. The fraction of sp³-hybridized carbons (Fsp3) is 0.417. The number of hydrogen-bond donors (Lipinski definition) is 1. The lowest BCUT2D eigenvalue weighted by Gasteiger charge is -2.23. The van der Waals surface area contributed by atoms with Crippen molar-refractivity contribution in [3.05, 3.63) is 29.3 Å². The molecular formula is C12H13F2N3. The van der Waals surface area contributed by atoms with Crippen LogP contribution in [0.2, 0.25) is 0 Å². The van der Waals surface area contributed by atoms with Gasteiger partial charge in [0.25, 0.3) is 0 Å². The predicted octanol–water partition coefficient (Wildman–Crippen LogP) is 1.64. The third-order valence-electron chi connectivity index (χ3n) is 2.80. The molecule has 0 bridgehead atoms. The van der Waals surface area contributed by atoms with Gasteiger partial charge in [-0.1, -0.05) is 0 Å². The summed E-state index contributed by atoms with van der Waals surface area (Å²) in [5.41, 5.74) is -0.00982. The molecule has 1 saturated heterocycles. The van der Waals surface area contributed by atoms with Gasteiger partial charge in [0.15, 0.2) is 11.6 Å². The molecule has 1 heterocycles. The molecule has 0 radical (unpaired) electrons. The Morgan fingerprint density at radius 3 is 2.53 bits per heavy atom. The summed E-state index contributed by atoms with van der Waals surface area (Å²) in [7, 11) is 0. The van der Waals surface area contributed by atoms with Gasteiger partial charge in [-0.05, 0) is 25.1 Å². The molecule has 0 aliphatic carbocycles. The SMILES string of the molecule is N#Cc1cc(F)c(N2CCCNCC2)c(F)c1. The topological polar surface area (TPSA) is 39.1 Å². The van der Waals surface area contributed by atoms with Crippen molar-refractivity contribution in [2.45, 2.75) is 6.42 Å². The lowest BCUT2D eigenvalue weighted by Crippen LogP contribution is -2.29. The minimum absolute atomic E-state index is 0.0108. The van der Waals surface area contributed by atoms with Gasteiger partial charge in [0, 0.05) is 19.6 Å². The van der Waals surface area contributed by atoms with Crippen LogP contribution in [-0.2, 0) is 0 Å². The highest BCUT2D eigenvalue weighted by Gasteiger charge is 2.18. The average Bonchev–Trinajstić information content (AvgIpc) is 2.57. The first-order valence-electron chi connectivity index (χ1n) is 5.57. The summed E-state index contributed by atoms with van der Waals surface area (Å²) < 4.78 is 27.5. The van der Waals surface area contributed by atoms with Crippen LogP contribution < -0.4 is 10.2 Å². The molecule has 17 heavy (non-hydrogen) atoms. The quantitative estimate of drug-likeness (QED) is 0.807. The van der Waals surface area contributed by atoms with Crippen molar-refractivity contribution in [3.63, 3.8) is 0 Å². The van der Waals surface area contributed by atoms with Crippen molar-refractivity contribution in [3.8, 4) is 6.07 Å². The number of nitrogens with one attached hydrogen (secondary N) is 1. The molecule has 1 aliphatic rings. The molecule has 1 aliphatic heterocycles.